The third kappa shape index (κ3) is 3.27. The van der Waals surface area contributed by atoms with E-state index in [4.69, 9.17) is 0 Å². The van der Waals surface area contributed by atoms with E-state index in [1.807, 2.05) is 0 Å². The van der Waals surface area contributed by atoms with Gasteiger partial charge in [-0.2, -0.15) is 0 Å². The van der Waals surface area contributed by atoms with E-state index >= 15 is 0 Å². The van der Waals surface area contributed by atoms with Crippen molar-refractivity contribution in [2.45, 2.75) is 51.6 Å². The van der Waals surface area contributed by atoms with E-state index < -0.39 is 0 Å². The predicted octanol–water partition coefficient (Wildman–Crippen LogP) is 1.07. The highest BCUT2D eigenvalue weighted by atomic mass is 16.2. The fourth-order valence-corrected chi connectivity index (χ4v) is 1.77. The molecule has 1 aliphatic rings. The Morgan fingerprint density at radius 3 is 2.62 bits per heavy atom. The van der Waals surface area contributed by atoms with E-state index in [1.165, 1.54) is 13.3 Å². The first-order chi connectivity index (χ1) is 6.09. The van der Waals surface area contributed by atoms with Gasteiger partial charge >= 0.3 is 0 Å². The zero-order chi connectivity index (χ0) is 9.84. The molecule has 1 fully saturated rings. The van der Waals surface area contributed by atoms with Gasteiger partial charge in [-0.1, -0.05) is 6.42 Å². The molecule has 1 N–H and O–H groups in total. The normalized spacial score (nSPS) is 28.5. The molecule has 0 radical (unpaired) electrons. The Labute approximate surface area is 78.9 Å². The number of hydrogen-bond donors (Lipinski definition) is 1. The third-order valence-electron chi connectivity index (χ3n) is 2.53. The molecule has 0 spiro atoms. The fraction of sp³-hybridized carbons (Fsp3) is 0.800. The summed E-state index contributed by atoms with van der Waals surface area (Å²) >= 11 is 0. The summed E-state index contributed by atoms with van der Waals surface area (Å²) in [6.07, 6.45) is 3.72. The molecule has 1 heterocycles. The number of hydrogen-bond acceptors (Lipinski definition) is 3. The van der Waals surface area contributed by atoms with Gasteiger partial charge in [0.05, 0.1) is 0 Å². The maximum atomic E-state index is 11.1. The summed E-state index contributed by atoms with van der Waals surface area (Å²) in [7, 11) is 0. The molecular weight excluding hydrogens is 166 g/mol. The first-order valence-electron chi connectivity index (χ1n) is 4.89. The van der Waals surface area contributed by atoms with Gasteiger partial charge in [-0.15, -0.1) is 0 Å². The molecule has 13 heavy (non-hydrogen) atoms. The average molecular weight is 183 g/mol. The van der Waals surface area contributed by atoms with Gasteiger partial charge in [0.15, 0.2) is 11.6 Å². The van der Waals surface area contributed by atoms with Gasteiger partial charge in [-0.3, -0.25) is 9.59 Å². The minimum absolute atomic E-state index is 0.222. The average Bonchev–Trinajstić information content (AvgIpc) is 2.04. The highest BCUT2D eigenvalue weighted by Gasteiger charge is 2.21. The van der Waals surface area contributed by atoms with Crippen LogP contribution in [0.1, 0.15) is 39.5 Å². The van der Waals surface area contributed by atoms with Crippen molar-refractivity contribution < 1.29 is 9.59 Å². The van der Waals surface area contributed by atoms with Crippen molar-refractivity contribution in [3.63, 3.8) is 0 Å². The summed E-state index contributed by atoms with van der Waals surface area (Å²) in [5, 5.41) is 3.33. The Balaban J connectivity index is 2.36. The van der Waals surface area contributed by atoms with Crippen molar-refractivity contribution in [3.05, 3.63) is 0 Å². The lowest BCUT2D eigenvalue weighted by Crippen LogP contribution is -2.42. The molecule has 0 amide bonds. The van der Waals surface area contributed by atoms with Crippen LogP contribution in [0.2, 0.25) is 0 Å². The summed E-state index contributed by atoms with van der Waals surface area (Å²) in [5.41, 5.74) is 0. The van der Waals surface area contributed by atoms with Gasteiger partial charge < -0.3 is 5.32 Å². The van der Waals surface area contributed by atoms with E-state index in [-0.39, 0.29) is 17.6 Å². The largest absolute Gasteiger partial charge is 0.311 e. The molecule has 3 nitrogen and oxygen atoms in total. The summed E-state index contributed by atoms with van der Waals surface area (Å²) in [6.45, 7) is 3.46. The van der Waals surface area contributed by atoms with Crippen molar-refractivity contribution in [1.29, 1.82) is 0 Å². The van der Waals surface area contributed by atoms with Gasteiger partial charge in [0.25, 0.3) is 0 Å². The van der Waals surface area contributed by atoms with Gasteiger partial charge in [0.1, 0.15) is 0 Å². The molecule has 0 aliphatic carbocycles. The van der Waals surface area contributed by atoms with Crippen LogP contribution in [-0.2, 0) is 9.59 Å². The quantitative estimate of drug-likeness (QED) is 0.666. The molecule has 1 saturated heterocycles. The molecule has 0 aromatic heterocycles. The molecule has 1 aliphatic heterocycles. The van der Waals surface area contributed by atoms with Gasteiger partial charge in [-0.25, -0.2) is 0 Å². The van der Waals surface area contributed by atoms with Gasteiger partial charge in [0, 0.05) is 25.4 Å². The smallest absolute Gasteiger partial charge is 0.199 e. The van der Waals surface area contributed by atoms with Crippen LogP contribution in [0, 0.1) is 0 Å². The second kappa shape index (κ2) is 4.51. The number of carbonyl (C=O) groups excluding carboxylic acids is 2. The summed E-state index contributed by atoms with van der Waals surface area (Å²) in [4.78, 5) is 21.8. The van der Waals surface area contributed by atoms with E-state index in [1.54, 1.807) is 0 Å². The van der Waals surface area contributed by atoms with Crippen LogP contribution in [-0.4, -0.2) is 23.7 Å². The monoisotopic (exact) mass is 183 g/mol. The number of rotatable bonds is 3. The van der Waals surface area contributed by atoms with Crippen LogP contribution in [0.15, 0.2) is 0 Å². The molecule has 0 bridgehead atoms. The molecule has 0 aromatic carbocycles. The first-order valence-corrected chi connectivity index (χ1v) is 4.89. The summed E-state index contributed by atoms with van der Waals surface area (Å²) in [5.74, 6) is -0.563. The summed E-state index contributed by atoms with van der Waals surface area (Å²) < 4.78 is 0. The first kappa shape index (κ1) is 10.4. The second-order valence-corrected chi connectivity index (χ2v) is 3.88. The topological polar surface area (TPSA) is 46.2 Å². The van der Waals surface area contributed by atoms with Crippen molar-refractivity contribution in [3.8, 4) is 0 Å². The van der Waals surface area contributed by atoms with Crippen LogP contribution in [0.3, 0.4) is 0 Å². The molecular formula is C10H17NO2. The third-order valence-corrected chi connectivity index (χ3v) is 2.53. The number of piperidine rings is 1. The zero-order valence-corrected chi connectivity index (χ0v) is 8.30. The Hall–Kier alpha value is -0.700. The predicted molar refractivity (Wildman–Crippen MR) is 50.5 cm³/mol. The fourth-order valence-electron chi connectivity index (χ4n) is 1.77. The molecule has 2 unspecified atom stereocenters. The Morgan fingerprint density at radius 1 is 1.38 bits per heavy atom. The van der Waals surface area contributed by atoms with E-state index in [2.05, 4.69) is 12.2 Å². The Morgan fingerprint density at radius 2 is 2.08 bits per heavy atom. The lowest BCUT2D eigenvalue weighted by atomic mass is 9.95. The minimum Gasteiger partial charge on any atom is -0.311 e. The van der Waals surface area contributed by atoms with Crippen molar-refractivity contribution in [2.75, 3.05) is 0 Å². The van der Waals surface area contributed by atoms with Crippen molar-refractivity contribution in [2.24, 2.45) is 0 Å². The van der Waals surface area contributed by atoms with E-state index in [9.17, 15) is 9.59 Å². The van der Waals surface area contributed by atoms with Crippen LogP contribution in [0.25, 0.3) is 0 Å². The van der Waals surface area contributed by atoms with Gasteiger partial charge in [0.2, 0.25) is 0 Å². The Bertz CT molecular complexity index is 213. The molecule has 3 heteroatoms. The standard InChI is InChI=1S/C10H17NO2/c1-7-4-3-5-9(11-7)6-10(13)8(2)12/h7,9,11H,3-6H2,1-2H3. The van der Waals surface area contributed by atoms with Crippen LogP contribution in [0.5, 0.6) is 0 Å². The maximum absolute atomic E-state index is 11.1. The molecule has 0 saturated carbocycles. The molecule has 1 rings (SSSR count). The minimum atomic E-state index is -0.319. The van der Waals surface area contributed by atoms with Crippen molar-refractivity contribution in [1.82, 2.24) is 5.32 Å². The van der Waals surface area contributed by atoms with Crippen molar-refractivity contribution >= 4 is 11.6 Å². The number of Topliss-reactive ketones (excluding diaryl/α,β-unsaturated/α-hetero) is 2. The highest BCUT2D eigenvalue weighted by molar-refractivity contribution is 6.36. The highest BCUT2D eigenvalue weighted by Crippen LogP contribution is 2.14. The Kier molecular flexibility index (Phi) is 3.60. The summed E-state index contributed by atoms with van der Waals surface area (Å²) in [6, 6.07) is 0.707. The van der Waals surface area contributed by atoms with Gasteiger partial charge in [-0.05, 0) is 19.8 Å². The van der Waals surface area contributed by atoms with Crippen LogP contribution < -0.4 is 5.32 Å². The molecule has 2 atom stereocenters. The van der Waals surface area contributed by atoms with E-state index in [0.29, 0.717) is 12.5 Å². The second-order valence-electron chi connectivity index (χ2n) is 3.88. The zero-order valence-electron chi connectivity index (χ0n) is 8.30. The lowest BCUT2D eigenvalue weighted by molar-refractivity contribution is -0.135. The van der Waals surface area contributed by atoms with Crippen LogP contribution in [0.4, 0.5) is 0 Å². The SMILES string of the molecule is CC(=O)C(=O)CC1CCCC(C)N1. The molecule has 0 aromatic rings. The lowest BCUT2D eigenvalue weighted by Gasteiger charge is -2.27. The number of nitrogens with one attached hydrogen (secondary N) is 1. The van der Waals surface area contributed by atoms with E-state index in [0.717, 1.165) is 12.8 Å². The number of carbonyl (C=O) groups is 2. The number of ketones is 2. The maximum Gasteiger partial charge on any atom is 0.199 e. The molecule has 74 valence electrons. The van der Waals surface area contributed by atoms with Crippen LogP contribution >= 0.6 is 0 Å².